The van der Waals surface area contributed by atoms with Crippen LogP contribution in [0, 0.1) is 30.9 Å². The van der Waals surface area contributed by atoms with Crippen molar-refractivity contribution < 1.29 is 14.5 Å². The maximum atomic E-state index is 12.2. The van der Waals surface area contributed by atoms with Gasteiger partial charge in [-0.1, -0.05) is 6.07 Å². The number of nitrogens with one attached hydrogen (secondary N) is 1. The molecule has 6 heteroatoms. The van der Waals surface area contributed by atoms with Gasteiger partial charge in [0.15, 0.2) is 0 Å². The van der Waals surface area contributed by atoms with Gasteiger partial charge in [-0.05, 0) is 61.2 Å². The van der Waals surface area contributed by atoms with E-state index < -0.39 is 4.92 Å². The molecule has 0 aliphatic carbocycles. The predicted molar refractivity (Wildman–Crippen MR) is 98.0 cm³/mol. The number of ether oxygens (including phenoxy) is 1. The summed E-state index contributed by atoms with van der Waals surface area (Å²) in [4.78, 5) is 22.5. The molecule has 1 N–H and O–H groups in total. The van der Waals surface area contributed by atoms with Gasteiger partial charge in [0.2, 0.25) is 5.91 Å². The zero-order valence-corrected chi connectivity index (χ0v) is 14.6. The molecule has 0 radical (unpaired) electrons. The second-order valence-corrected chi connectivity index (χ2v) is 5.75. The van der Waals surface area contributed by atoms with Crippen LogP contribution in [0.25, 0.3) is 6.08 Å². The van der Waals surface area contributed by atoms with Crippen LogP contribution in [-0.4, -0.2) is 17.9 Å². The van der Waals surface area contributed by atoms with Gasteiger partial charge in [0, 0.05) is 18.2 Å². The van der Waals surface area contributed by atoms with Crippen LogP contribution in [-0.2, 0) is 4.79 Å². The fourth-order valence-corrected chi connectivity index (χ4v) is 2.51. The first-order valence-corrected chi connectivity index (χ1v) is 7.71. The third kappa shape index (κ3) is 4.44. The smallest absolute Gasteiger partial charge is 0.271 e. The molecule has 0 aliphatic heterocycles. The molecule has 2 rings (SSSR count). The number of carbonyl (C=O) groups is 1. The first-order valence-electron chi connectivity index (χ1n) is 7.71. The van der Waals surface area contributed by atoms with E-state index in [1.807, 2.05) is 26.0 Å². The van der Waals surface area contributed by atoms with Gasteiger partial charge in [0.1, 0.15) is 5.75 Å². The molecule has 0 aliphatic rings. The lowest BCUT2D eigenvalue weighted by molar-refractivity contribution is -0.384. The average Bonchev–Trinajstić information content (AvgIpc) is 2.55. The molecule has 0 fully saturated rings. The summed E-state index contributed by atoms with van der Waals surface area (Å²) in [6.07, 6.45) is 3.15. The number of amides is 1. The van der Waals surface area contributed by atoms with Crippen molar-refractivity contribution in [1.82, 2.24) is 0 Å². The summed E-state index contributed by atoms with van der Waals surface area (Å²) < 4.78 is 5.22. The van der Waals surface area contributed by atoms with Gasteiger partial charge in [-0.3, -0.25) is 14.9 Å². The molecule has 2 aromatic rings. The van der Waals surface area contributed by atoms with Crippen LogP contribution in [0.2, 0.25) is 0 Å². The van der Waals surface area contributed by atoms with Crippen molar-refractivity contribution in [2.24, 2.45) is 0 Å². The van der Waals surface area contributed by atoms with Crippen molar-refractivity contribution in [1.29, 1.82) is 0 Å². The van der Waals surface area contributed by atoms with E-state index in [1.54, 1.807) is 26.2 Å². The average molecular weight is 340 g/mol. The topological polar surface area (TPSA) is 81.5 Å². The number of hydrogen-bond acceptors (Lipinski definition) is 4. The number of aryl methyl sites for hydroxylation is 3. The minimum Gasteiger partial charge on any atom is -0.497 e. The van der Waals surface area contributed by atoms with Crippen molar-refractivity contribution in [2.45, 2.75) is 20.8 Å². The molecular formula is C19H20N2O4. The second kappa shape index (κ2) is 7.61. The monoisotopic (exact) mass is 340 g/mol. The number of hydrogen-bond donors (Lipinski definition) is 1. The number of benzene rings is 2. The van der Waals surface area contributed by atoms with Crippen molar-refractivity contribution in [2.75, 3.05) is 12.4 Å². The number of nitrogens with zero attached hydrogens (tertiary/aromatic N) is 1. The molecular weight excluding hydrogens is 320 g/mol. The molecule has 0 heterocycles. The highest BCUT2D eigenvalue weighted by atomic mass is 16.6. The second-order valence-electron chi connectivity index (χ2n) is 5.75. The van der Waals surface area contributed by atoms with Crippen molar-refractivity contribution in [3.05, 3.63) is 68.8 Å². The van der Waals surface area contributed by atoms with Crippen molar-refractivity contribution in [3.8, 4) is 5.75 Å². The lowest BCUT2D eigenvalue weighted by atomic mass is 10.0. The molecule has 0 aromatic heterocycles. The number of nitro benzene ring substituents is 1. The molecule has 0 unspecified atom stereocenters. The highest BCUT2D eigenvalue weighted by Gasteiger charge is 2.10. The Bertz CT molecular complexity index is 833. The van der Waals surface area contributed by atoms with Crippen LogP contribution in [0.4, 0.5) is 11.4 Å². The van der Waals surface area contributed by atoms with E-state index in [9.17, 15) is 14.9 Å². The normalized spacial score (nSPS) is 10.7. The third-order valence-electron chi connectivity index (χ3n) is 3.89. The third-order valence-corrected chi connectivity index (χ3v) is 3.89. The van der Waals surface area contributed by atoms with Crippen LogP contribution in [0.3, 0.4) is 0 Å². The first-order chi connectivity index (χ1) is 11.8. The Hall–Kier alpha value is -3.15. The van der Waals surface area contributed by atoms with E-state index in [0.29, 0.717) is 5.69 Å². The number of methoxy groups -OCH3 is 1. The minimum absolute atomic E-state index is 0.0632. The highest BCUT2D eigenvalue weighted by molar-refractivity contribution is 6.02. The fourth-order valence-electron chi connectivity index (χ4n) is 2.51. The Morgan fingerprint density at radius 3 is 2.32 bits per heavy atom. The van der Waals surface area contributed by atoms with Crippen molar-refractivity contribution in [3.63, 3.8) is 0 Å². The molecule has 6 nitrogen and oxygen atoms in total. The number of carbonyl (C=O) groups excluding carboxylic acids is 1. The van der Waals surface area contributed by atoms with Crippen LogP contribution >= 0.6 is 0 Å². The quantitative estimate of drug-likeness (QED) is 0.503. The van der Waals surface area contributed by atoms with Gasteiger partial charge in [-0.25, -0.2) is 0 Å². The molecule has 130 valence electrons. The van der Waals surface area contributed by atoms with E-state index in [-0.39, 0.29) is 11.6 Å². The maximum Gasteiger partial charge on any atom is 0.271 e. The lowest BCUT2D eigenvalue weighted by Crippen LogP contribution is -2.09. The predicted octanol–water partition coefficient (Wildman–Crippen LogP) is 4.18. The van der Waals surface area contributed by atoms with Gasteiger partial charge >= 0.3 is 0 Å². The van der Waals surface area contributed by atoms with Crippen molar-refractivity contribution >= 4 is 23.4 Å². The zero-order valence-electron chi connectivity index (χ0n) is 14.6. The molecule has 25 heavy (non-hydrogen) atoms. The zero-order chi connectivity index (χ0) is 18.6. The van der Waals surface area contributed by atoms with E-state index in [1.165, 1.54) is 18.2 Å². The summed E-state index contributed by atoms with van der Waals surface area (Å²) in [6.45, 7) is 5.66. The van der Waals surface area contributed by atoms with E-state index >= 15 is 0 Å². The standard InChI is InChI=1S/C19H20N2O4/c1-12-5-6-15(21(23)24)11-18(12)20-19(22)8-7-17-13(2)9-16(25-4)10-14(17)3/h5-11H,1-4H3,(H,20,22)/b8-7+. The van der Waals surface area contributed by atoms with Gasteiger partial charge in [-0.15, -0.1) is 0 Å². The van der Waals surface area contributed by atoms with Gasteiger partial charge in [-0.2, -0.15) is 0 Å². The van der Waals surface area contributed by atoms with Crippen LogP contribution < -0.4 is 10.1 Å². The lowest BCUT2D eigenvalue weighted by Gasteiger charge is -2.09. The molecule has 2 aromatic carbocycles. The van der Waals surface area contributed by atoms with E-state index in [4.69, 9.17) is 4.74 Å². The van der Waals surface area contributed by atoms with Gasteiger partial charge in [0.05, 0.1) is 17.7 Å². The van der Waals surface area contributed by atoms with E-state index in [2.05, 4.69) is 5.32 Å². The highest BCUT2D eigenvalue weighted by Crippen LogP contribution is 2.24. The molecule has 0 bridgehead atoms. The fraction of sp³-hybridized carbons (Fsp3) is 0.211. The summed E-state index contributed by atoms with van der Waals surface area (Å²) in [6, 6.07) is 8.16. The number of non-ortho nitro benzene ring substituents is 1. The maximum absolute atomic E-state index is 12.2. The van der Waals surface area contributed by atoms with Crippen LogP contribution in [0.1, 0.15) is 22.3 Å². The van der Waals surface area contributed by atoms with Crippen LogP contribution in [0.15, 0.2) is 36.4 Å². The summed E-state index contributed by atoms with van der Waals surface area (Å²) in [7, 11) is 1.61. The Balaban J connectivity index is 2.20. The SMILES string of the molecule is COc1cc(C)c(/C=C/C(=O)Nc2cc([N+](=O)[O-])ccc2C)c(C)c1. The van der Waals surface area contributed by atoms with Gasteiger partial charge in [0.25, 0.3) is 5.69 Å². The molecule has 0 atom stereocenters. The largest absolute Gasteiger partial charge is 0.497 e. The Kier molecular flexibility index (Phi) is 5.54. The number of rotatable bonds is 5. The molecule has 0 spiro atoms. The Morgan fingerprint density at radius 2 is 1.76 bits per heavy atom. The summed E-state index contributed by atoms with van der Waals surface area (Å²) >= 11 is 0. The summed E-state index contributed by atoms with van der Waals surface area (Å²) in [5, 5.41) is 13.5. The summed E-state index contributed by atoms with van der Waals surface area (Å²) in [5.74, 6) is 0.419. The molecule has 0 saturated carbocycles. The number of anilines is 1. The first kappa shape index (κ1) is 18.2. The minimum atomic E-state index is -0.491. The Morgan fingerprint density at radius 1 is 1.12 bits per heavy atom. The molecule has 0 saturated heterocycles. The van der Waals surface area contributed by atoms with E-state index in [0.717, 1.165) is 28.0 Å². The Labute approximate surface area is 146 Å². The van der Waals surface area contributed by atoms with Crippen LogP contribution in [0.5, 0.6) is 5.75 Å². The summed E-state index contributed by atoms with van der Waals surface area (Å²) in [5.41, 5.74) is 4.04. The molecule has 1 amide bonds. The number of nitro groups is 1. The van der Waals surface area contributed by atoms with Gasteiger partial charge < -0.3 is 10.1 Å².